The Morgan fingerprint density at radius 1 is 0.963 bits per heavy atom. The van der Waals surface area contributed by atoms with Crippen molar-refractivity contribution in [1.29, 1.82) is 0 Å². The van der Waals surface area contributed by atoms with Crippen molar-refractivity contribution >= 4 is 34.1 Å². The van der Waals surface area contributed by atoms with Crippen LogP contribution in [-0.2, 0) is 17.0 Å². The summed E-state index contributed by atoms with van der Waals surface area (Å²) in [6.45, 7) is 0.537. The summed E-state index contributed by atoms with van der Waals surface area (Å²) in [5.41, 5.74) is 1.70. The van der Waals surface area contributed by atoms with Crippen molar-refractivity contribution < 1.29 is 9.72 Å². The molecule has 0 aliphatic rings. The second kappa shape index (κ2) is 9.19. The molecule has 3 aromatic carbocycles. The molecule has 0 aromatic heterocycles. The van der Waals surface area contributed by atoms with Crippen LogP contribution >= 0.6 is 11.8 Å². The lowest BCUT2D eigenvalue weighted by Crippen LogP contribution is -2.27. The summed E-state index contributed by atoms with van der Waals surface area (Å²) in [5, 5.41) is 16.3. The smallest absolute Gasteiger partial charge is 0.273 e. The van der Waals surface area contributed by atoms with E-state index in [0.717, 1.165) is 11.5 Å². The van der Waals surface area contributed by atoms with Crippen LogP contribution in [-0.4, -0.2) is 23.1 Å². The number of carbonyl (C=O) groups excluding carboxylic acids is 1. The number of carbonyl (C=O) groups is 1. The van der Waals surface area contributed by atoms with Gasteiger partial charge < -0.3 is 5.32 Å². The summed E-state index contributed by atoms with van der Waals surface area (Å²) in [7, 11) is 0. The average Bonchev–Trinajstić information content (AvgIpc) is 2.68. The number of nitrogens with zero attached hydrogens (tertiary/aromatic N) is 1. The van der Waals surface area contributed by atoms with Gasteiger partial charge >= 0.3 is 0 Å². The number of hydrogen-bond donors (Lipinski definition) is 1. The number of nitro benzene ring substituents is 1. The molecule has 0 spiro atoms. The van der Waals surface area contributed by atoms with Gasteiger partial charge in [0.2, 0.25) is 5.91 Å². The first-order chi connectivity index (χ1) is 13.1. The number of thioether (sulfide) groups is 1. The second-order valence-corrected chi connectivity index (χ2v) is 7.21. The van der Waals surface area contributed by atoms with Crippen LogP contribution in [0.1, 0.15) is 11.1 Å². The minimum atomic E-state index is -0.456. The van der Waals surface area contributed by atoms with Gasteiger partial charge in [-0.25, -0.2) is 0 Å². The molecule has 0 saturated carbocycles. The molecule has 0 aliphatic carbocycles. The van der Waals surface area contributed by atoms with Crippen molar-refractivity contribution in [2.45, 2.75) is 12.2 Å². The van der Waals surface area contributed by atoms with Crippen LogP contribution in [0, 0.1) is 10.1 Å². The zero-order valence-corrected chi connectivity index (χ0v) is 15.6. The molecule has 0 aliphatic heterocycles. The Labute approximate surface area is 161 Å². The Balaban J connectivity index is 1.45. The quantitative estimate of drug-likeness (QED) is 0.358. The maximum atomic E-state index is 12.1. The first kappa shape index (κ1) is 18.9. The molecule has 0 saturated heterocycles. The van der Waals surface area contributed by atoms with Crippen molar-refractivity contribution in [3.8, 4) is 0 Å². The summed E-state index contributed by atoms with van der Waals surface area (Å²) in [4.78, 5) is 22.6. The van der Waals surface area contributed by atoms with Gasteiger partial charge in [0.15, 0.2) is 0 Å². The third-order valence-corrected chi connectivity index (χ3v) is 5.25. The number of fused-ring (bicyclic) bond motifs is 1. The fraction of sp³-hybridized carbons (Fsp3) is 0.190. The zero-order chi connectivity index (χ0) is 19.1. The molecule has 0 radical (unpaired) electrons. The Morgan fingerprint density at radius 3 is 2.52 bits per heavy atom. The highest BCUT2D eigenvalue weighted by Crippen LogP contribution is 2.22. The van der Waals surface area contributed by atoms with Gasteiger partial charge in [-0.3, -0.25) is 14.9 Å². The number of hydrogen-bond acceptors (Lipinski definition) is 4. The van der Waals surface area contributed by atoms with Crippen LogP contribution in [0.4, 0.5) is 5.69 Å². The summed E-state index contributed by atoms with van der Waals surface area (Å²) < 4.78 is 0. The molecule has 0 atom stereocenters. The monoisotopic (exact) mass is 380 g/mol. The van der Waals surface area contributed by atoms with E-state index < -0.39 is 4.92 Å². The molecule has 138 valence electrons. The molecule has 0 heterocycles. The number of para-hydroxylation sites is 1. The fourth-order valence-corrected chi connectivity index (χ4v) is 3.80. The highest BCUT2D eigenvalue weighted by atomic mass is 32.2. The maximum Gasteiger partial charge on any atom is 0.273 e. The van der Waals surface area contributed by atoms with Crippen molar-refractivity contribution in [1.82, 2.24) is 5.32 Å². The average molecular weight is 380 g/mol. The van der Waals surface area contributed by atoms with E-state index in [4.69, 9.17) is 0 Å². The SMILES string of the molecule is O=C(Cc1ccccc1[N+](=O)[O-])NCCSCc1cccc2ccccc12. The molecule has 3 rings (SSSR count). The molecule has 6 heteroatoms. The first-order valence-electron chi connectivity index (χ1n) is 8.68. The summed E-state index contributed by atoms with van der Waals surface area (Å²) >= 11 is 1.75. The van der Waals surface area contributed by atoms with Gasteiger partial charge in [0.1, 0.15) is 0 Å². The lowest BCUT2D eigenvalue weighted by Gasteiger charge is -2.08. The number of benzene rings is 3. The minimum absolute atomic E-state index is 0.0158. The van der Waals surface area contributed by atoms with Crippen molar-refractivity contribution in [2.75, 3.05) is 12.3 Å². The molecule has 0 bridgehead atoms. The minimum Gasteiger partial charge on any atom is -0.355 e. The Hall–Kier alpha value is -2.86. The summed E-state index contributed by atoms with van der Waals surface area (Å²) in [6.07, 6.45) is 0.0190. The number of rotatable bonds is 8. The summed E-state index contributed by atoms with van der Waals surface area (Å²) in [6, 6.07) is 20.9. The molecule has 0 fully saturated rings. The van der Waals surface area contributed by atoms with Crippen LogP contribution in [0.25, 0.3) is 10.8 Å². The predicted molar refractivity (Wildman–Crippen MR) is 110 cm³/mol. The molecule has 5 nitrogen and oxygen atoms in total. The molecule has 27 heavy (non-hydrogen) atoms. The van der Waals surface area contributed by atoms with Gasteiger partial charge in [0.05, 0.1) is 11.3 Å². The normalized spacial score (nSPS) is 10.7. The highest BCUT2D eigenvalue weighted by molar-refractivity contribution is 7.98. The van der Waals surface area contributed by atoms with Crippen molar-refractivity contribution in [3.63, 3.8) is 0 Å². The van der Waals surface area contributed by atoms with Crippen LogP contribution in [0.5, 0.6) is 0 Å². The molecule has 3 aromatic rings. The van der Waals surface area contributed by atoms with E-state index in [2.05, 4.69) is 35.6 Å². The fourth-order valence-electron chi connectivity index (χ4n) is 2.94. The Kier molecular flexibility index (Phi) is 6.44. The molecular formula is C21H20N2O3S. The van der Waals surface area contributed by atoms with E-state index in [0.29, 0.717) is 12.1 Å². The predicted octanol–water partition coefficient (Wildman–Crippen LogP) is 4.34. The maximum absolute atomic E-state index is 12.1. The summed E-state index contributed by atoms with van der Waals surface area (Å²) in [5.74, 6) is 1.46. The number of nitrogens with one attached hydrogen (secondary N) is 1. The van der Waals surface area contributed by atoms with Gasteiger partial charge in [-0.05, 0) is 16.3 Å². The second-order valence-electron chi connectivity index (χ2n) is 6.10. The molecule has 0 unspecified atom stereocenters. The van der Waals surface area contributed by atoms with Crippen LogP contribution in [0.2, 0.25) is 0 Å². The Bertz CT molecular complexity index is 954. The first-order valence-corrected chi connectivity index (χ1v) is 9.84. The third kappa shape index (κ3) is 5.08. The third-order valence-electron chi connectivity index (χ3n) is 4.25. The lowest BCUT2D eigenvalue weighted by atomic mass is 10.1. The van der Waals surface area contributed by atoms with Gasteiger partial charge in [0, 0.05) is 29.7 Å². The van der Waals surface area contributed by atoms with E-state index in [1.54, 1.807) is 30.0 Å². The van der Waals surface area contributed by atoms with E-state index in [9.17, 15) is 14.9 Å². The lowest BCUT2D eigenvalue weighted by molar-refractivity contribution is -0.385. The van der Waals surface area contributed by atoms with Gasteiger partial charge in [-0.2, -0.15) is 11.8 Å². The number of nitro groups is 1. The van der Waals surface area contributed by atoms with E-state index in [1.165, 1.54) is 22.4 Å². The molecular weight excluding hydrogens is 360 g/mol. The highest BCUT2D eigenvalue weighted by Gasteiger charge is 2.15. The largest absolute Gasteiger partial charge is 0.355 e. The van der Waals surface area contributed by atoms with Crippen LogP contribution in [0.3, 0.4) is 0 Å². The standard InChI is InChI=1S/C21H20N2O3S/c24-21(14-17-7-2-4-11-20(17)23(25)26)22-12-13-27-15-18-9-5-8-16-6-1-3-10-19(16)18/h1-11H,12-15H2,(H,22,24). The van der Waals surface area contributed by atoms with Crippen LogP contribution < -0.4 is 5.32 Å². The van der Waals surface area contributed by atoms with Gasteiger partial charge in [-0.1, -0.05) is 60.7 Å². The molecule has 1 amide bonds. The zero-order valence-electron chi connectivity index (χ0n) is 14.8. The topological polar surface area (TPSA) is 72.2 Å². The van der Waals surface area contributed by atoms with Crippen molar-refractivity contribution in [3.05, 3.63) is 88.0 Å². The van der Waals surface area contributed by atoms with Gasteiger partial charge in [0.25, 0.3) is 5.69 Å². The van der Waals surface area contributed by atoms with E-state index in [1.807, 2.05) is 12.1 Å². The van der Waals surface area contributed by atoms with E-state index in [-0.39, 0.29) is 18.0 Å². The molecule has 1 N–H and O–H groups in total. The Morgan fingerprint density at radius 2 is 1.67 bits per heavy atom. The van der Waals surface area contributed by atoms with Gasteiger partial charge in [-0.15, -0.1) is 0 Å². The van der Waals surface area contributed by atoms with Crippen molar-refractivity contribution in [2.24, 2.45) is 0 Å². The van der Waals surface area contributed by atoms with Crippen LogP contribution in [0.15, 0.2) is 66.7 Å². The number of amides is 1. The van der Waals surface area contributed by atoms with E-state index >= 15 is 0 Å².